The Morgan fingerprint density at radius 3 is 2.44 bits per heavy atom. The summed E-state index contributed by atoms with van der Waals surface area (Å²) in [4.78, 5) is 17.5. The van der Waals surface area contributed by atoms with Crippen LogP contribution in [0.5, 0.6) is 0 Å². The highest BCUT2D eigenvalue weighted by Crippen LogP contribution is 2.33. The van der Waals surface area contributed by atoms with Crippen LogP contribution in [0.1, 0.15) is 44.4 Å². The fourth-order valence-corrected chi connectivity index (χ4v) is 2.06. The van der Waals surface area contributed by atoms with Crippen molar-refractivity contribution in [3.8, 4) is 6.07 Å². The van der Waals surface area contributed by atoms with E-state index in [4.69, 9.17) is 10.1 Å². The monoisotopic (exact) mass is 244 g/mol. The quantitative estimate of drug-likeness (QED) is 0.803. The lowest BCUT2D eigenvalue weighted by Gasteiger charge is -2.26. The molecule has 1 aromatic rings. The molecule has 4 heteroatoms. The first-order valence-corrected chi connectivity index (χ1v) is 5.94. The van der Waals surface area contributed by atoms with Gasteiger partial charge in [-0.1, -0.05) is 12.1 Å². The average molecular weight is 244 g/mol. The minimum atomic E-state index is -0.433. The van der Waals surface area contributed by atoms with Gasteiger partial charge < -0.3 is 0 Å². The predicted molar refractivity (Wildman–Crippen MR) is 66.2 cm³/mol. The minimum absolute atomic E-state index is 0.00291. The molecule has 0 aliphatic carbocycles. The highest BCUT2D eigenvalue weighted by atomic mass is 16.7. The number of carbonyl (C=O) groups is 1. The molecular weight excluding hydrogens is 228 g/mol. The average Bonchev–Trinajstić information content (AvgIpc) is 2.62. The third-order valence-electron chi connectivity index (χ3n) is 3.04. The molecule has 1 aliphatic heterocycles. The van der Waals surface area contributed by atoms with Crippen molar-refractivity contribution in [2.45, 2.75) is 38.8 Å². The summed E-state index contributed by atoms with van der Waals surface area (Å²) in [7, 11) is 0. The lowest BCUT2D eigenvalue weighted by molar-refractivity contribution is -0.206. The van der Waals surface area contributed by atoms with Crippen molar-refractivity contribution < 1.29 is 9.63 Å². The standard InChI is InChI=1S/C14H16N2O2/c1-10(12-6-4-11(9-15)5-7-12)16-13(17)8-14(2,3)18-16/h4-7,10H,8H2,1-3H3. The fraction of sp³-hybridized carbons (Fsp3) is 0.429. The van der Waals surface area contributed by atoms with Crippen LogP contribution in [0.2, 0.25) is 0 Å². The van der Waals surface area contributed by atoms with E-state index in [0.29, 0.717) is 12.0 Å². The van der Waals surface area contributed by atoms with Gasteiger partial charge in [0.2, 0.25) is 5.91 Å². The molecular formula is C14H16N2O2. The highest BCUT2D eigenvalue weighted by Gasteiger charge is 2.40. The molecule has 1 heterocycles. The molecule has 0 spiro atoms. The van der Waals surface area contributed by atoms with Crippen LogP contribution >= 0.6 is 0 Å². The molecule has 0 saturated carbocycles. The molecule has 18 heavy (non-hydrogen) atoms. The number of rotatable bonds is 2. The number of benzene rings is 1. The van der Waals surface area contributed by atoms with Crippen molar-refractivity contribution in [1.82, 2.24) is 5.06 Å². The van der Waals surface area contributed by atoms with Crippen molar-refractivity contribution >= 4 is 5.91 Å². The molecule has 0 N–H and O–H groups in total. The third kappa shape index (κ3) is 2.36. The van der Waals surface area contributed by atoms with Crippen molar-refractivity contribution in [2.75, 3.05) is 0 Å². The second kappa shape index (κ2) is 4.43. The highest BCUT2D eigenvalue weighted by molar-refractivity contribution is 5.78. The van der Waals surface area contributed by atoms with Gasteiger partial charge in [-0.05, 0) is 38.5 Å². The Bertz CT molecular complexity index is 500. The zero-order chi connectivity index (χ0) is 13.3. The third-order valence-corrected chi connectivity index (χ3v) is 3.04. The Morgan fingerprint density at radius 2 is 2.00 bits per heavy atom. The van der Waals surface area contributed by atoms with Gasteiger partial charge in [0.05, 0.1) is 29.7 Å². The predicted octanol–water partition coefficient (Wildman–Crippen LogP) is 2.56. The van der Waals surface area contributed by atoms with E-state index in [2.05, 4.69) is 6.07 Å². The fourth-order valence-electron chi connectivity index (χ4n) is 2.06. The Hall–Kier alpha value is -1.86. The molecule has 1 unspecified atom stereocenters. The summed E-state index contributed by atoms with van der Waals surface area (Å²) in [6.45, 7) is 5.72. The number of amides is 1. The number of nitriles is 1. The Labute approximate surface area is 107 Å². The van der Waals surface area contributed by atoms with Gasteiger partial charge in [-0.25, -0.2) is 5.06 Å². The van der Waals surface area contributed by atoms with Crippen LogP contribution in [0, 0.1) is 11.3 Å². The van der Waals surface area contributed by atoms with Crippen LogP contribution in [0.4, 0.5) is 0 Å². The maximum absolute atomic E-state index is 11.9. The second-order valence-electron chi connectivity index (χ2n) is 5.16. The van der Waals surface area contributed by atoms with Gasteiger partial charge in [0, 0.05) is 0 Å². The molecule has 1 atom stereocenters. The molecule has 94 valence electrons. The molecule has 1 saturated heterocycles. The summed E-state index contributed by atoms with van der Waals surface area (Å²) in [6, 6.07) is 9.13. The smallest absolute Gasteiger partial charge is 0.249 e. The molecule has 4 nitrogen and oxygen atoms in total. The summed E-state index contributed by atoms with van der Waals surface area (Å²) >= 11 is 0. The maximum atomic E-state index is 11.9. The van der Waals surface area contributed by atoms with Gasteiger partial charge in [0.25, 0.3) is 0 Å². The van der Waals surface area contributed by atoms with Gasteiger partial charge in [-0.15, -0.1) is 0 Å². The topological polar surface area (TPSA) is 53.3 Å². The summed E-state index contributed by atoms with van der Waals surface area (Å²) in [6.07, 6.45) is 0.396. The summed E-state index contributed by atoms with van der Waals surface area (Å²) in [5.74, 6) is -0.00291. The molecule has 2 rings (SSSR count). The first kappa shape index (κ1) is 12.6. The first-order chi connectivity index (χ1) is 8.43. The van der Waals surface area contributed by atoms with Crippen LogP contribution in [0.3, 0.4) is 0 Å². The SMILES string of the molecule is CC(c1ccc(C#N)cc1)N1OC(C)(C)CC1=O. The van der Waals surface area contributed by atoms with E-state index in [1.807, 2.05) is 32.9 Å². The van der Waals surface area contributed by atoms with E-state index in [-0.39, 0.29) is 11.9 Å². The Balaban J connectivity index is 2.19. The van der Waals surface area contributed by atoms with Crippen molar-refractivity contribution in [3.63, 3.8) is 0 Å². The van der Waals surface area contributed by atoms with E-state index < -0.39 is 5.60 Å². The van der Waals surface area contributed by atoms with Crippen LogP contribution in [-0.4, -0.2) is 16.6 Å². The van der Waals surface area contributed by atoms with E-state index in [1.165, 1.54) is 5.06 Å². The molecule has 1 aromatic carbocycles. The molecule has 0 aromatic heterocycles. The first-order valence-electron chi connectivity index (χ1n) is 5.94. The summed E-state index contributed by atoms with van der Waals surface area (Å²) < 4.78 is 0. The van der Waals surface area contributed by atoms with Gasteiger partial charge >= 0.3 is 0 Å². The number of hydrogen-bond acceptors (Lipinski definition) is 3. The largest absolute Gasteiger partial charge is 0.272 e. The van der Waals surface area contributed by atoms with Gasteiger partial charge in [0.15, 0.2) is 0 Å². The lowest BCUT2D eigenvalue weighted by Crippen LogP contribution is -2.28. The molecule has 0 bridgehead atoms. The van der Waals surface area contributed by atoms with E-state index in [0.717, 1.165) is 5.56 Å². The van der Waals surface area contributed by atoms with Crippen LogP contribution in [-0.2, 0) is 9.63 Å². The molecule has 0 radical (unpaired) electrons. The minimum Gasteiger partial charge on any atom is -0.272 e. The van der Waals surface area contributed by atoms with Crippen LogP contribution in [0.15, 0.2) is 24.3 Å². The second-order valence-corrected chi connectivity index (χ2v) is 5.16. The zero-order valence-corrected chi connectivity index (χ0v) is 10.8. The van der Waals surface area contributed by atoms with Crippen molar-refractivity contribution in [3.05, 3.63) is 35.4 Å². The number of nitrogens with zero attached hydrogens (tertiary/aromatic N) is 2. The van der Waals surface area contributed by atoms with E-state index in [1.54, 1.807) is 12.1 Å². The lowest BCUT2D eigenvalue weighted by atomic mass is 10.0. The van der Waals surface area contributed by atoms with Crippen molar-refractivity contribution in [1.29, 1.82) is 5.26 Å². The Morgan fingerprint density at radius 1 is 1.39 bits per heavy atom. The van der Waals surface area contributed by atoms with E-state index in [9.17, 15) is 4.79 Å². The molecule has 1 aliphatic rings. The number of hydroxylamine groups is 2. The maximum Gasteiger partial charge on any atom is 0.249 e. The van der Waals surface area contributed by atoms with E-state index >= 15 is 0 Å². The number of carbonyl (C=O) groups excluding carboxylic acids is 1. The van der Waals surface area contributed by atoms with Crippen LogP contribution < -0.4 is 0 Å². The molecule has 1 amide bonds. The summed E-state index contributed by atoms with van der Waals surface area (Å²) in [5, 5.41) is 10.2. The van der Waals surface area contributed by atoms with Gasteiger partial charge in [0.1, 0.15) is 0 Å². The summed E-state index contributed by atoms with van der Waals surface area (Å²) in [5.41, 5.74) is 1.14. The van der Waals surface area contributed by atoms with Gasteiger partial charge in [-0.3, -0.25) is 9.63 Å². The van der Waals surface area contributed by atoms with Gasteiger partial charge in [-0.2, -0.15) is 5.26 Å². The van der Waals surface area contributed by atoms with Crippen molar-refractivity contribution in [2.24, 2.45) is 0 Å². The van der Waals surface area contributed by atoms with Crippen LogP contribution in [0.25, 0.3) is 0 Å². The number of hydrogen-bond donors (Lipinski definition) is 0. The normalized spacial score (nSPS) is 19.7. The molecule has 1 fully saturated rings. The zero-order valence-electron chi connectivity index (χ0n) is 10.8. The Kier molecular flexibility index (Phi) is 3.10.